The highest BCUT2D eigenvalue weighted by Crippen LogP contribution is 2.23. The number of alkyl carbamates (subject to hydrolysis) is 1. The molecular weight excluding hydrogens is 464 g/mol. The standard InChI is InChI=1S/C30H32N4O3/c1-30(2,3)37-29(36)34-26(28(35)32-19-21-10-6-4-7-11-21)18-25-20-31-27(33-25)24-16-14-23(15-17-24)22-12-8-5-9-13-22/h4-17,20,26H,18-19H2,1-3H3,(H,31,33)(H,32,35)(H,34,36)/t26-/m0/s1. The van der Waals surface area contributed by atoms with Crippen LogP contribution in [0.5, 0.6) is 0 Å². The molecule has 0 fully saturated rings. The van der Waals surface area contributed by atoms with Crippen molar-refractivity contribution in [2.24, 2.45) is 0 Å². The lowest BCUT2D eigenvalue weighted by molar-refractivity contribution is -0.123. The van der Waals surface area contributed by atoms with Gasteiger partial charge < -0.3 is 20.4 Å². The van der Waals surface area contributed by atoms with E-state index in [2.05, 4.69) is 44.9 Å². The Morgan fingerprint density at radius 3 is 2.11 bits per heavy atom. The van der Waals surface area contributed by atoms with E-state index in [9.17, 15) is 9.59 Å². The lowest BCUT2D eigenvalue weighted by atomic mass is 10.0. The van der Waals surface area contributed by atoms with Crippen molar-refractivity contribution in [2.75, 3.05) is 0 Å². The largest absolute Gasteiger partial charge is 0.444 e. The van der Waals surface area contributed by atoms with Gasteiger partial charge in [0.05, 0.1) is 0 Å². The first-order chi connectivity index (χ1) is 17.8. The van der Waals surface area contributed by atoms with Crippen LogP contribution in [0.1, 0.15) is 32.0 Å². The molecule has 7 nitrogen and oxygen atoms in total. The Bertz CT molecular complexity index is 1310. The summed E-state index contributed by atoms with van der Waals surface area (Å²) >= 11 is 0. The molecule has 1 aromatic heterocycles. The third kappa shape index (κ3) is 7.54. The normalized spacial score (nSPS) is 12.0. The van der Waals surface area contributed by atoms with Crippen LogP contribution in [0.3, 0.4) is 0 Å². The third-order valence-electron chi connectivity index (χ3n) is 5.63. The van der Waals surface area contributed by atoms with E-state index in [1.165, 1.54) is 0 Å². The molecular formula is C30H32N4O3. The fraction of sp³-hybridized carbons (Fsp3) is 0.233. The van der Waals surface area contributed by atoms with E-state index in [1.54, 1.807) is 27.0 Å². The van der Waals surface area contributed by atoms with Crippen LogP contribution in [-0.4, -0.2) is 33.6 Å². The van der Waals surface area contributed by atoms with Crippen LogP contribution in [0.2, 0.25) is 0 Å². The maximum atomic E-state index is 13.1. The highest BCUT2D eigenvalue weighted by molar-refractivity contribution is 5.86. The van der Waals surface area contributed by atoms with E-state index in [0.29, 0.717) is 12.4 Å². The average molecular weight is 497 g/mol. The second-order valence-corrected chi connectivity index (χ2v) is 9.81. The van der Waals surface area contributed by atoms with Crippen LogP contribution in [0.25, 0.3) is 22.5 Å². The number of carbonyl (C=O) groups excluding carboxylic acids is 2. The molecule has 3 N–H and O–H groups in total. The minimum absolute atomic E-state index is 0.231. The second kappa shape index (κ2) is 11.6. The second-order valence-electron chi connectivity index (χ2n) is 9.81. The minimum atomic E-state index is -0.840. The Morgan fingerprint density at radius 2 is 1.46 bits per heavy atom. The van der Waals surface area contributed by atoms with Gasteiger partial charge in [0.25, 0.3) is 0 Å². The topological polar surface area (TPSA) is 96.1 Å². The molecule has 0 bridgehead atoms. The molecule has 0 saturated heterocycles. The quantitative estimate of drug-likeness (QED) is 0.300. The number of aromatic amines is 1. The van der Waals surface area contributed by atoms with E-state index in [-0.39, 0.29) is 12.3 Å². The molecule has 37 heavy (non-hydrogen) atoms. The van der Waals surface area contributed by atoms with Crippen molar-refractivity contribution in [2.45, 2.75) is 45.4 Å². The summed E-state index contributed by atoms with van der Waals surface area (Å²) in [5.74, 6) is 0.383. The van der Waals surface area contributed by atoms with Gasteiger partial charge in [-0.25, -0.2) is 9.78 Å². The number of hydrogen-bond acceptors (Lipinski definition) is 4. The number of imidazole rings is 1. The van der Waals surface area contributed by atoms with Crippen molar-refractivity contribution in [1.29, 1.82) is 0 Å². The summed E-state index contributed by atoms with van der Waals surface area (Å²) in [6.45, 7) is 5.69. The van der Waals surface area contributed by atoms with Crippen LogP contribution in [0.4, 0.5) is 4.79 Å². The fourth-order valence-electron chi connectivity index (χ4n) is 3.85. The van der Waals surface area contributed by atoms with Crippen molar-refractivity contribution in [3.05, 3.63) is 102 Å². The summed E-state index contributed by atoms with van der Waals surface area (Å²) < 4.78 is 5.39. The van der Waals surface area contributed by atoms with Gasteiger partial charge in [0.15, 0.2) is 0 Å². The summed E-state index contributed by atoms with van der Waals surface area (Å²) in [6.07, 6.45) is 1.27. The highest BCUT2D eigenvalue weighted by Gasteiger charge is 2.25. The average Bonchev–Trinajstić information content (AvgIpc) is 3.35. The zero-order valence-electron chi connectivity index (χ0n) is 21.3. The molecule has 0 radical (unpaired) electrons. The van der Waals surface area contributed by atoms with Gasteiger partial charge in [-0.15, -0.1) is 0 Å². The van der Waals surface area contributed by atoms with Crippen molar-refractivity contribution >= 4 is 12.0 Å². The summed E-state index contributed by atoms with van der Waals surface area (Å²) in [6, 6.07) is 27.1. The molecule has 0 spiro atoms. The van der Waals surface area contributed by atoms with Crippen molar-refractivity contribution < 1.29 is 14.3 Å². The molecule has 190 valence electrons. The van der Waals surface area contributed by atoms with Gasteiger partial charge in [-0.05, 0) is 37.5 Å². The lowest BCUT2D eigenvalue weighted by Gasteiger charge is -2.23. The van der Waals surface area contributed by atoms with Gasteiger partial charge in [0.2, 0.25) is 5.91 Å². The fourth-order valence-corrected chi connectivity index (χ4v) is 3.85. The van der Waals surface area contributed by atoms with E-state index in [1.807, 2.05) is 60.7 Å². The Labute approximate surface area is 217 Å². The van der Waals surface area contributed by atoms with Crippen molar-refractivity contribution in [3.8, 4) is 22.5 Å². The molecule has 7 heteroatoms. The highest BCUT2D eigenvalue weighted by atomic mass is 16.6. The Balaban J connectivity index is 1.46. The third-order valence-corrected chi connectivity index (χ3v) is 5.63. The zero-order chi connectivity index (χ0) is 26.3. The number of nitrogens with one attached hydrogen (secondary N) is 3. The molecule has 0 unspecified atom stereocenters. The monoisotopic (exact) mass is 496 g/mol. The molecule has 3 aromatic carbocycles. The summed E-state index contributed by atoms with van der Waals surface area (Å²) in [7, 11) is 0. The van der Waals surface area contributed by atoms with Gasteiger partial charge in [-0.3, -0.25) is 4.79 Å². The predicted molar refractivity (Wildman–Crippen MR) is 145 cm³/mol. The number of benzene rings is 3. The molecule has 4 rings (SSSR count). The maximum Gasteiger partial charge on any atom is 0.408 e. The first-order valence-corrected chi connectivity index (χ1v) is 12.3. The van der Waals surface area contributed by atoms with Crippen LogP contribution >= 0.6 is 0 Å². The molecule has 1 heterocycles. The van der Waals surface area contributed by atoms with E-state index in [0.717, 1.165) is 27.9 Å². The molecule has 1 atom stereocenters. The molecule has 0 aliphatic rings. The van der Waals surface area contributed by atoms with Crippen LogP contribution in [-0.2, 0) is 22.5 Å². The van der Waals surface area contributed by atoms with Gasteiger partial charge >= 0.3 is 6.09 Å². The minimum Gasteiger partial charge on any atom is -0.444 e. The number of rotatable bonds is 8. The Hall–Kier alpha value is -4.39. The van der Waals surface area contributed by atoms with Crippen LogP contribution < -0.4 is 10.6 Å². The van der Waals surface area contributed by atoms with Crippen molar-refractivity contribution in [3.63, 3.8) is 0 Å². The van der Waals surface area contributed by atoms with Gasteiger partial charge in [0, 0.05) is 30.4 Å². The van der Waals surface area contributed by atoms with E-state index >= 15 is 0 Å². The Kier molecular flexibility index (Phi) is 8.03. The smallest absolute Gasteiger partial charge is 0.408 e. The summed E-state index contributed by atoms with van der Waals surface area (Å²) in [5.41, 5.74) is 4.20. The van der Waals surface area contributed by atoms with Gasteiger partial charge in [-0.2, -0.15) is 0 Å². The molecule has 2 amide bonds. The molecule has 4 aromatic rings. The predicted octanol–water partition coefficient (Wildman–Crippen LogP) is 5.50. The zero-order valence-corrected chi connectivity index (χ0v) is 21.3. The first-order valence-electron chi connectivity index (χ1n) is 12.3. The summed E-state index contributed by atoms with van der Waals surface area (Å²) in [4.78, 5) is 33.3. The number of H-pyrrole nitrogens is 1. The maximum absolute atomic E-state index is 13.1. The Morgan fingerprint density at radius 1 is 0.865 bits per heavy atom. The molecule has 0 saturated carbocycles. The number of nitrogens with zero attached hydrogens (tertiary/aromatic N) is 1. The first kappa shape index (κ1) is 25.7. The number of amides is 2. The van der Waals surface area contributed by atoms with Crippen molar-refractivity contribution in [1.82, 2.24) is 20.6 Å². The SMILES string of the molecule is CC(C)(C)OC(=O)N[C@@H](Cc1cnc(-c2ccc(-c3ccccc3)cc2)[nH]1)C(=O)NCc1ccccc1. The molecule has 0 aliphatic heterocycles. The van der Waals surface area contributed by atoms with Crippen LogP contribution in [0, 0.1) is 0 Å². The number of hydrogen-bond donors (Lipinski definition) is 3. The summed E-state index contributed by atoms with van der Waals surface area (Å²) in [5, 5.41) is 5.62. The number of aromatic nitrogens is 2. The van der Waals surface area contributed by atoms with Gasteiger partial charge in [-0.1, -0.05) is 84.9 Å². The lowest BCUT2D eigenvalue weighted by Crippen LogP contribution is -2.49. The van der Waals surface area contributed by atoms with E-state index < -0.39 is 17.7 Å². The van der Waals surface area contributed by atoms with Gasteiger partial charge in [0.1, 0.15) is 17.5 Å². The van der Waals surface area contributed by atoms with E-state index in [4.69, 9.17) is 4.74 Å². The molecule has 0 aliphatic carbocycles. The van der Waals surface area contributed by atoms with Crippen LogP contribution in [0.15, 0.2) is 91.1 Å². The number of ether oxygens (including phenoxy) is 1. The number of carbonyl (C=O) groups is 2.